The van der Waals surface area contributed by atoms with Gasteiger partial charge in [0.1, 0.15) is 6.04 Å². The van der Waals surface area contributed by atoms with E-state index in [1.165, 1.54) is 0 Å². The summed E-state index contributed by atoms with van der Waals surface area (Å²) in [6, 6.07) is 5.59. The number of anilines is 1. The van der Waals surface area contributed by atoms with Gasteiger partial charge in [-0.05, 0) is 24.3 Å². The Balaban J connectivity index is 2.73. The molecule has 1 unspecified atom stereocenters. The molecule has 3 nitrogen and oxygen atoms in total. The molecule has 0 radical (unpaired) electrons. The molecule has 0 heterocycles. The molecule has 1 aromatic rings. The molecular weight excluding hydrogens is 308 g/mol. The van der Waals surface area contributed by atoms with E-state index >= 15 is 0 Å². The number of nitrogens with one attached hydrogen (secondary N) is 1. The molecule has 0 aliphatic carbocycles. The Morgan fingerprint density at radius 3 is 2.24 bits per heavy atom. The van der Waals surface area contributed by atoms with Crippen LogP contribution in [0.15, 0.2) is 24.3 Å². The first-order valence-corrected chi connectivity index (χ1v) is 6.11. The van der Waals surface area contributed by atoms with Crippen LogP contribution >= 0.6 is 46.4 Å². The van der Waals surface area contributed by atoms with E-state index < -0.39 is 15.8 Å². The maximum Gasteiger partial charge on any atom is 0.326 e. The number of carboxylic acid groups (broad SMARTS) is 1. The van der Waals surface area contributed by atoms with Crippen molar-refractivity contribution in [2.75, 3.05) is 5.32 Å². The molecule has 7 heteroatoms. The Bertz CT molecular complexity index is 388. The number of aliphatic carboxylic acids is 1. The highest BCUT2D eigenvalue weighted by molar-refractivity contribution is 6.67. The number of carboxylic acids is 1. The fourth-order valence-corrected chi connectivity index (χ4v) is 1.77. The van der Waals surface area contributed by atoms with E-state index in [-0.39, 0.29) is 6.42 Å². The molecule has 0 saturated heterocycles. The Kier molecular flexibility index (Phi) is 5.20. The molecule has 2 N–H and O–H groups in total. The van der Waals surface area contributed by atoms with Gasteiger partial charge in [-0.2, -0.15) is 0 Å². The third-order valence-electron chi connectivity index (χ3n) is 1.92. The van der Waals surface area contributed by atoms with Crippen LogP contribution in [0.5, 0.6) is 0 Å². The van der Waals surface area contributed by atoms with Crippen molar-refractivity contribution in [1.82, 2.24) is 0 Å². The predicted octanol–water partition coefficient (Wildman–Crippen LogP) is 3.97. The normalized spacial score (nSPS) is 13.2. The minimum Gasteiger partial charge on any atom is -0.480 e. The van der Waals surface area contributed by atoms with Crippen molar-refractivity contribution in [2.24, 2.45) is 0 Å². The van der Waals surface area contributed by atoms with E-state index in [0.29, 0.717) is 10.7 Å². The molecule has 0 aliphatic rings. The first kappa shape index (κ1) is 14.7. The third kappa shape index (κ3) is 5.68. The van der Waals surface area contributed by atoms with Crippen molar-refractivity contribution in [3.63, 3.8) is 0 Å². The molecule has 1 atom stereocenters. The molecule has 0 bridgehead atoms. The van der Waals surface area contributed by atoms with Crippen molar-refractivity contribution in [2.45, 2.75) is 16.3 Å². The first-order chi connectivity index (χ1) is 7.78. The van der Waals surface area contributed by atoms with Crippen molar-refractivity contribution >= 4 is 58.1 Å². The number of benzene rings is 1. The molecule has 0 aliphatic heterocycles. The number of hydrogen-bond acceptors (Lipinski definition) is 2. The minimum absolute atomic E-state index is 0.143. The lowest BCUT2D eigenvalue weighted by atomic mass is 10.2. The summed E-state index contributed by atoms with van der Waals surface area (Å²) in [6.45, 7) is 0. The van der Waals surface area contributed by atoms with Crippen LogP contribution in [0.2, 0.25) is 5.02 Å². The summed E-state index contributed by atoms with van der Waals surface area (Å²) < 4.78 is -1.62. The second kappa shape index (κ2) is 6.01. The number of alkyl halides is 3. The van der Waals surface area contributed by atoms with E-state index in [4.69, 9.17) is 51.5 Å². The van der Waals surface area contributed by atoms with Gasteiger partial charge >= 0.3 is 5.97 Å². The SMILES string of the molecule is O=C(O)C(CC(Cl)(Cl)Cl)Nc1ccc(Cl)cc1. The highest BCUT2D eigenvalue weighted by atomic mass is 35.6. The minimum atomic E-state index is -1.62. The van der Waals surface area contributed by atoms with Crippen LogP contribution in [-0.2, 0) is 4.79 Å². The fraction of sp³-hybridized carbons (Fsp3) is 0.300. The molecule has 0 saturated carbocycles. The average molecular weight is 317 g/mol. The van der Waals surface area contributed by atoms with Gasteiger partial charge < -0.3 is 10.4 Å². The molecule has 0 spiro atoms. The van der Waals surface area contributed by atoms with Gasteiger partial charge in [0, 0.05) is 17.1 Å². The van der Waals surface area contributed by atoms with Crippen molar-refractivity contribution < 1.29 is 9.90 Å². The highest BCUT2D eigenvalue weighted by Crippen LogP contribution is 2.32. The van der Waals surface area contributed by atoms with Crippen LogP contribution < -0.4 is 5.32 Å². The Labute approximate surface area is 119 Å². The first-order valence-electron chi connectivity index (χ1n) is 4.59. The van der Waals surface area contributed by atoms with Gasteiger partial charge in [0.2, 0.25) is 0 Å². The molecule has 0 amide bonds. The van der Waals surface area contributed by atoms with Crippen LogP contribution in [0.1, 0.15) is 6.42 Å². The molecule has 0 fully saturated rings. The summed E-state index contributed by atoms with van der Waals surface area (Å²) in [5.41, 5.74) is 0.594. The second-order valence-corrected chi connectivity index (χ2v) is 6.31. The summed E-state index contributed by atoms with van der Waals surface area (Å²) in [4.78, 5) is 11.0. The van der Waals surface area contributed by atoms with Gasteiger partial charge in [-0.25, -0.2) is 4.79 Å². The Hall–Kier alpha value is -0.350. The predicted molar refractivity (Wildman–Crippen MR) is 71.4 cm³/mol. The average Bonchev–Trinajstić information content (AvgIpc) is 2.18. The lowest BCUT2D eigenvalue weighted by Crippen LogP contribution is -2.33. The molecule has 1 rings (SSSR count). The zero-order valence-corrected chi connectivity index (χ0v) is 11.5. The second-order valence-electron chi connectivity index (χ2n) is 3.36. The van der Waals surface area contributed by atoms with E-state index in [1.54, 1.807) is 24.3 Å². The Morgan fingerprint density at radius 2 is 1.82 bits per heavy atom. The number of carbonyl (C=O) groups is 1. The summed E-state index contributed by atoms with van der Waals surface area (Å²) in [6.07, 6.45) is -0.143. The topological polar surface area (TPSA) is 49.3 Å². The van der Waals surface area contributed by atoms with E-state index in [0.717, 1.165) is 0 Å². The smallest absolute Gasteiger partial charge is 0.326 e. The Morgan fingerprint density at radius 1 is 1.29 bits per heavy atom. The maximum absolute atomic E-state index is 11.0. The van der Waals surface area contributed by atoms with Crippen LogP contribution in [-0.4, -0.2) is 20.9 Å². The van der Waals surface area contributed by atoms with Crippen LogP contribution in [0.3, 0.4) is 0 Å². The summed E-state index contributed by atoms with van der Waals surface area (Å²) in [5.74, 6) is -1.09. The largest absolute Gasteiger partial charge is 0.480 e. The van der Waals surface area contributed by atoms with Gasteiger partial charge in [-0.15, -0.1) is 0 Å². The zero-order chi connectivity index (χ0) is 13.1. The quantitative estimate of drug-likeness (QED) is 0.826. The lowest BCUT2D eigenvalue weighted by Gasteiger charge is -2.19. The third-order valence-corrected chi connectivity index (χ3v) is 2.63. The summed E-state index contributed by atoms with van der Waals surface area (Å²) >= 11 is 22.4. The van der Waals surface area contributed by atoms with Crippen molar-refractivity contribution in [3.8, 4) is 0 Å². The van der Waals surface area contributed by atoms with Crippen LogP contribution in [0.25, 0.3) is 0 Å². The van der Waals surface area contributed by atoms with Crippen molar-refractivity contribution in [1.29, 1.82) is 0 Å². The van der Waals surface area contributed by atoms with Gasteiger partial charge in [-0.3, -0.25) is 0 Å². The van der Waals surface area contributed by atoms with Crippen LogP contribution in [0.4, 0.5) is 5.69 Å². The highest BCUT2D eigenvalue weighted by Gasteiger charge is 2.29. The van der Waals surface area contributed by atoms with Crippen molar-refractivity contribution in [3.05, 3.63) is 29.3 Å². The van der Waals surface area contributed by atoms with Gasteiger partial charge in [-0.1, -0.05) is 46.4 Å². The molecule has 94 valence electrons. The standard InChI is InChI=1S/C10H9Cl4NO2/c11-6-1-3-7(4-2-6)15-8(9(16)17)5-10(12,13)14/h1-4,8,15H,5H2,(H,16,17). The summed E-state index contributed by atoms with van der Waals surface area (Å²) in [7, 11) is 0. The summed E-state index contributed by atoms with van der Waals surface area (Å²) in [5, 5.41) is 12.3. The fourth-order valence-electron chi connectivity index (χ4n) is 1.18. The maximum atomic E-state index is 11.0. The monoisotopic (exact) mass is 315 g/mol. The molecule has 17 heavy (non-hydrogen) atoms. The molecular formula is C10H9Cl4NO2. The van der Waals surface area contributed by atoms with Gasteiger partial charge in [0.05, 0.1) is 0 Å². The number of rotatable bonds is 4. The van der Waals surface area contributed by atoms with E-state index in [1.807, 2.05) is 0 Å². The van der Waals surface area contributed by atoms with Gasteiger partial charge in [0.15, 0.2) is 3.79 Å². The van der Waals surface area contributed by atoms with E-state index in [9.17, 15) is 4.79 Å². The number of hydrogen-bond donors (Lipinski definition) is 2. The van der Waals surface area contributed by atoms with Gasteiger partial charge in [0.25, 0.3) is 0 Å². The number of halogens is 4. The van der Waals surface area contributed by atoms with E-state index in [2.05, 4.69) is 5.32 Å². The molecule has 0 aromatic heterocycles. The van der Waals surface area contributed by atoms with Crippen LogP contribution in [0, 0.1) is 0 Å². The zero-order valence-electron chi connectivity index (χ0n) is 8.46. The lowest BCUT2D eigenvalue weighted by molar-refractivity contribution is -0.138. The molecule has 1 aromatic carbocycles.